The van der Waals surface area contributed by atoms with Crippen LogP contribution < -0.4 is 20.1 Å². The molecule has 1 aliphatic heterocycles. The molecule has 4 aromatic rings. The molecule has 0 saturated heterocycles. The van der Waals surface area contributed by atoms with Crippen LogP contribution in [-0.2, 0) is 29.0 Å². The van der Waals surface area contributed by atoms with Crippen molar-refractivity contribution in [3.63, 3.8) is 0 Å². The van der Waals surface area contributed by atoms with Gasteiger partial charge in [-0.2, -0.15) is 0 Å². The Labute approximate surface area is 277 Å². The third-order valence-electron chi connectivity index (χ3n) is 7.69. The van der Waals surface area contributed by atoms with Gasteiger partial charge in [-0.25, -0.2) is 4.79 Å². The van der Waals surface area contributed by atoms with Gasteiger partial charge in [-0.1, -0.05) is 43.3 Å². The number of thiophene rings is 1. The summed E-state index contributed by atoms with van der Waals surface area (Å²) in [4.78, 5) is 43.7. The normalized spacial score (nSPS) is 13.3. The van der Waals surface area contributed by atoms with Crippen LogP contribution in [0, 0.1) is 0 Å². The Hall–Kier alpha value is -4.32. The molecular weight excluding hydrogens is 623 g/mol. The maximum atomic E-state index is 13.6. The predicted molar refractivity (Wildman–Crippen MR) is 182 cm³/mol. The Morgan fingerprint density at radius 1 is 0.935 bits per heavy atom. The number of rotatable bonds is 12. The van der Waals surface area contributed by atoms with Crippen LogP contribution in [0.4, 0.5) is 10.7 Å². The second kappa shape index (κ2) is 15.3. The Balaban J connectivity index is 1.27. The van der Waals surface area contributed by atoms with Gasteiger partial charge in [0.2, 0.25) is 5.91 Å². The number of carbonyl (C=O) groups is 3. The van der Waals surface area contributed by atoms with Crippen LogP contribution >= 0.6 is 23.1 Å². The third kappa shape index (κ3) is 7.72. The molecule has 3 aromatic carbocycles. The van der Waals surface area contributed by atoms with Gasteiger partial charge in [-0.05, 0) is 60.4 Å². The van der Waals surface area contributed by atoms with E-state index in [2.05, 4.69) is 27.7 Å². The van der Waals surface area contributed by atoms with E-state index in [0.717, 1.165) is 28.4 Å². The average molecular weight is 660 g/mol. The Morgan fingerprint density at radius 2 is 1.72 bits per heavy atom. The molecule has 0 radical (unpaired) electrons. The zero-order valence-electron chi connectivity index (χ0n) is 26.3. The fraction of sp³-hybridized carbons (Fsp3) is 0.286. The number of methoxy groups -OCH3 is 3. The average Bonchev–Trinajstić information content (AvgIpc) is 3.43. The Bertz CT molecular complexity index is 1710. The first-order valence-corrected chi connectivity index (χ1v) is 16.6. The van der Waals surface area contributed by atoms with E-state index in [4.69, 9.17) is 14.2 Å². The van der Waals surface area contributed by atoms with Crippen molar-refractivity contribution in [2.24, 2.45) is 0 Å². The summed E-state index contributed by atoms with van der Waals surface area (Å²) in [6.07, 6.45) is 1.26. The van der Waals surface area contributed by atoms with Gasteiger partial charge in [-0.3, -0.25) is 14.5 Å². The molecule has 1 unspecified atom stereocenters. The number of thioether (sulfide) groups is 1. The van der Waals surface area contributed by atoms with Crippen molar-refractivity contribution in [2.45, 2.75) is 43.0 Å². The van der Waals surface area contributed by atoms with E-state index in [0.29, 0.717) is 52.7 Å². The molecule has 46 heavy (non-hydrogen) atoms. The standard InChI is InChI=1S/C35H37N3O6S2/c1-5-29(45-25-13-9-12-24(19-25)36-32(39)23-14-15-27(42-2)28(18-23)43-3)33(40)37-34-31(35(41)44-4)26-16-17-38(21-30(26)46-34)20-22-10-7-6-8-11-22/h6-15,18-19,29H,5,16-17,20-21H2,1-4H3,(H,36,39)(H,37,40). The van der Waals surface area contributed by atoms with Gasteiger partial charge in [0.15, 0.2) is 11.5 Å². The SMILES string of the molecule is CCC(Sc1cccc(NC(=O)c2ccc(OC)c(OC)c2)c1)C(=O)Nc1sc2c(c1C(=O)OC)CCN(Cc1ccccc1)C2. The summed E-state index contributed by atoms with van der Waals surface area (Å²) in [6, 6.07) is 22.6. The van der Waals surface area contributed by atoms with E-state index in [1.807, 2.05) is 43.3 Å². The summed E-state index contributed by atoms with van der Waals surface area (Å²) in [7, 11) is 4.42. The van der Waals surface area contributed by atoms with E-state index in [1.165, 1.54) is 50.0 Å². The largest absolute Gasteiger partial charge is 0.493 e. The molecule has 2 heterocycles. The lowest BCUT2D eigenvalue weighted by Crippen LogP contribution is -2.30. The maximum Gasteiger partial charge on any atom is 0.341 e. The first kappa shape index (κ1) is 33.1. The van der Waals surface area contributed by atoms with Crippen molar-refractivity contribution in [2.75, 3.05) is 38.5 Å². The lowest BCUT2D eigenvalue weighted by Gasteiger charge is -2.27. The number of anilines is 2. The van der Waals surface area contributed by atoms with E-state index < -0.39 is 11.2 Å². The monoisotopic (exact) mass is 659 g/mol. The van der Waals surface area contributed by atoms with Gasteiger partial charge in [0.25, 0.3) is 5.91 Å². The van der Waals surface area contributed by atoms with Gasteiger partial charge in [0, 0.05) is 40.7 Å². The van der Waals surface area contributed by atoms with Gasteiger partial charge in [0.05, 0.1) is 32.1 Å². The molecule has 0 saturated carbocycles. The summed E-state index contributed by atoms with van der Waals surface area (Å²) in [5.41, 5.74) is 3.66. The number of hydrogen-bond acceptors (Lipinski definition) is 9. The second-order valence-electron chi connectivity index (χ2n) is 10.7. The summed E-state index contributed by atoms with van der Waals surface area (Å²) in [5.74, 6) is 0.0582. The smallest absolute Gasteiger partial charge is 0.341 e. The van der Waals surface area contributed by atoms with Crippen molar-refractivity contribution in [1.29, 1.82) is 0 Å². The van der Waals surface area contributed by atoms with Crippen LogP contribution in [0.1, 0.15) is 50.1 Å². The quantitative estimate of drug-likeness (QED) is 0.125. The van der Waals surface area contributed by atoms with Crippen LogP contribution in [-0.4, -0.2) is 55.8 Å². The van der Waals surface area contributed by atoms with Gasteiger partial charge >= 0.3 is 5.97 Å². The molecule has 0 aliphatic carbocycles. The topological polar surface area (TPSA) is 106 Å². The molecule has 240 valence electrons. The highest BCUT2D eigenvalue weighted by molar-refractivity contribution is 8.00. The number of carbonyl (C=O) groups excluding carboxylic acids is 3. The lowest BCUT2D eigenvalue weighted by atomic mass is 10.0. The molecule has 0 bridgehead atoms. The fourth-order valence-corrected chi connectivity index (χ4v) is 7.64. The number of amides is 2. The molecule has 0 fully saturated rings. The molecular formula is C35H37N3O6S2. The van der Waals surface area contributed by atoms with Gasteiger partial charge < -0.3 is 24.8 Å². The minimum atomic E-state index is -0.442. The highest BCUT2D eigenvalue weighted by Crippen LogP contribution is 2.39. The van der Waals surface area contributed by atoms with E-state index in [-0.39, 0.29) is 11.8 Å². The molecule has 1 aromatic heterocycles. The minimum absolute atomic E-state index is 0.197. The van der Waals surface area contributed by atoms with Gasteiger partial charge in [-0.15, -0.1) is 23.1 Å². The van der Waals surface area contributed by atoms with E-state index in [1.54, 1.807) is 24.3 Å². The van der Waals surface area contributed by atoms with Crippen molar-refractivity contribution < 1.29 is 28.6 Å². The number of nitrogens with zero attached hydrogens (tertiary/aromatic N) is 1. The predicted octanol–water partition coefficient (Wildman–Crippen LogP) is 6.87. The second-order valence-corrected chi connectivity index (χ2v) is 13.1. The number of hydrogen-bond donors (Lipinski definition) is 2. The molecule has 11 heteroatoms. The molecule has 0 spiro atoms. The summed E-state index contributed by atoms with van der Waals surface area (Å²) < 4.78 is 15.7. The summed E-state index contributed by atoms with van der Waals surface area (Å²) >= 11 is 2.85. The number of fused-ring (bicyclic) bond motifs is 1. The molecule has 9 nitrogen and oxygen atoms in total. The van der Waals surface area contributed by atoms with E-state index in [9.17, 15) is 14.4 Å². The van der Waals surface area contributed by atoms with Crippen LogP contribution in [0.5, 0.6) is 11.5 Å². The zero-order valence-corrected chi connectivity index (χ0v) is 27.9. The number of ether oxygens (including phenoxy) is 3. The number of nitrogens with one attached hydrogen (secondary N) is 2. The van der Waals surface area contributed by atoms with E-state index >= 15 is 0 Å². The number of esters is 1. The van der Waals surface area contributed by atoms with Crippen molar-refractivity contribution >= 4 is 51.6 Å². The van der Waals surface area contributed by atoms with Gasteiger partial charge in [0.1, 0.15) is 5.00 Å². The Kier molecular flexibility index (Phi) is 11.0. The minimum Gasteiger partial charge on any atom is -0.493 e. The first-order valence-electron chi connectivity index (χ1n) is 14.9. The lowest BCUT2D eigenvalue weighted by molar-refractivity contribution is -0.115. The highest BCUT2D eigenvalue weighted by atomic mass is 32.2. The van der Waals surface area contributed by atoms with Crippen molar-refractivity contribution in [1.82, 2.24) is 4.90 Å². The maximum absolute atomic E-state index is 13.6. The highest BCUT2D eigenvalue weighted by Gasteiger charge is 2.30. The molecule has 2 N–H and O–H groups in total. The molecule has 5 rings (SSSR count). The first-order chi connectivity index (χ1) is 22.3. The Morgan fingerprint density at radius 3 is 2.43 bits per heavy atom. The van der Waals surface area contributed by atoms with Crippen LogP contribution in [0.15, 0.2) is 77.7 Å². The third-order valence-corrected chi connectivity index (χ3v) is 10.2. The van der Waals surface area contributed by atoms with Crippen LogP contribution in [0.3, 0.4) is 0 Å². The summed E-state index contributed by atoms with van der Waals surface area (Å²) in [5, 5.41) is 6.06. The van der Waals surface area contributed by atoms with Crippen molar-refractivity contribution in [3.8, 4) is 11.5 Å². The summed E-state index contributed by atoms with van der Waals surface area (Å²) in [6.45, 7) is 4.27. The molecule has 2 amide bonds. The van der Waals surface area contributed by atoms with Crippen LogP contribution in [0.25, 0.3) is 0 Å². The molecule has 1 atom stereocenters. The van der Waals surface area contributed by atoms with Crippen molar-refractivity contribution in [3.05, 3.63) is 99.9 Å². The molecule has 1 aliphatic rings. The zero-order chi connectivity index (χ0) is 32.6. The number of benzene rings is 3. The fourth-order valence-electron chi connectivity index (χ4n) is 5.35. The van der Waals surface area contributed by atoms with Crippen LogP contribution in [0.2, 0.25) is 0 Å².